The lowest BCUT2D eigenvalue weighted by atomic mass is 10.1. The molecule has 23 heavy (non-hydrogen) atoms. The van der Waals surface area contributed by atoms with Crippen molar-refractivity contribution in [1.29, 1.82) is 0 Å². The average molecular weight is 332 g/mol. The Bertz CT molecular complexity index is 406. The molecule has 0 spiro atoms. The molecule has 0 saturated carbocycles. The fourth-order valence-corrected chi connectivity index (χ4v) is 1.51. The van der Waals surface area contributed by atoms with E-state index in [0.717, 1.165) is 5.06 Å². The second-order valence-electron chi connectivity index (χ2n) is 7.01. The van der Waals surface area contributed by atoms with Crippen molar-refractivity contribution in [3.63, 3.8) is 0 Å². The molecular formula is C15H28N2O6. The van der Waals surface area contributed by atoms with Crippen molar-refractivity contribution < 1.29 is 28.7 Å². The first kappa shape index (κ1) is 21.2. The number of carbonyl (C=O) groups is 3. The Morgan fingerprint density at radius 2 is 1.48 bits per heavy atom. The molecule has 134 valence electrons. The lowest BCUT2D eigenvalue weighted by Gasteiger charge is -2.26. The van der Waals surface area contributed by atoms with Gasteiger partial charge in [0.2, 0.25) is 0 Å². The smallest absolute Gasteiger partial charge is 0.408 e. The maximum atomic E-state index is 12.2. The van der Waals surface area contributed by atoms with Gasteiger partial charge in [0.15, 0.2) is 0 Å². The van der Waals surface area contributed by atoms with Gasteiger partial charge < -0.3 is 14.8 Å². The van der Waals surface area contributed by atoms with Gasteiger partial charge in [0.1, 0.15) is 17.2 Å². The minimum Gasteiger partial charge on any atom is -0.460 e. The zero-order valence-corrected chi connectivity index (χ0v) is 15.2. The fourth-order valence-electron chi connectivity index (χ4n) is 1.51. The van der Waals surface area contributed by atoms with Gasteiger partial charge in [-0.15, -0.1) is 0 Å². The van der Waals surface area contributed by atoms with E-state index in [1.165, 1.54) is 14.2 Å². The first-order valence-corrected chi connectivity index (χ1v) is 7.28. The summed E-state index contributed by atoms with van der Waals surface area (Å²) in [6, 6.07) is -1.15. The minimum atomic E-state index is -1.15. The van der Waals surface area contributed by atoms with Crippen LogP contribution in [-0.4, -0.2) is 54.4 Å². The van der Waals surface area contributed by atoms with E-state index in [2.05, 4.69) is 5.32 Å². The summed E-state index contributed by atoms with van der Waals surface area (Å²) in [6.07, 6.45) is -1.13. The predicted molar refractivity (Wildman–Crippen MR) is 83.4 cm³/mol. The molecule has 0 unspecified atom stereocenters. The molecule has 0 heterocycles. The van der Waals surface area contributed by atoms with Crippen LogP contribution in [-0.2, 0) is 23.9 Å². The van der Waals surface area contributed by atoms with Gasteiger partial charge in [-0.05, 0) is 41.5 Å². The number of ether oxygens (including phenoxy) is 2. The van der Waals surface area contributed by atoms with Crippen LogP contribution < -0.4 is 5.32 Å². The van der Waals surface area contributed by atoms with Crippen LogP contribution in [0, 0.1) is 0 Å². The molecule has 1 atom stereocenters. The van der Waals surface area contributed by atoms with Crippen LogP contribution in [0.25, 0.3) is 0 Å². The molecule has 0 fully saturated rings. The number of amides is 2. The van der Waals surface area contributed by atoms with E-state index in [1.807, 2.05) is 0 Å². The quantitative estimate of drug-likeness (QED) is 0.607. The van der Waals surface area contributed by atoms with E-state index in [1.54, 1.807) is 41.5 Å². The van der Waals surface area contributed by atoms with E-state index in [9.17, 15) is 14.4 Å². The van der Waals surface area contributed by atoms with Crippen LogP contribution in [0.15, 0.2) is 0 Å². The third kappa shape index (κ3) is 9.72. The number of esters is 1. The summed E-state index contributed by atoms with van der Waals surface area (Å²) >= 11 is 0. The number of likely N-dealkylation sites (N-methyl/N-ethyl adjacent to an activating group) is 1. The Balaban J connectivity index is 4.99. The maximum Gasteiger partial charge on any atom is 0.408 e. The first-order chi connectivity index (χ1) is 10.2. The minimum absolute atomic E-state index is 0.330. The van der Waals surface area contributed by atoms with Crippen molar-refractivity contribution in [3.8, 4) is 0 Å². The number of nitrogens with one attached hydrogen (secondary N) is 1. The van der Waals surface area contributed by atoms with E-state index in [-0.39, 0.29) is 6.42 Å². The van der Waals surface area contributed by atoms with Crippen LogP contribution in [0.5, 0.6) is 0 Å². The Labute approximate surface area is 137 Å². The predicted octanol–water partition coefficient (Wildman–Crippen LogP) is 1.63. The third-order valence-corrected chi connectivity index (χ3v) is 2.36. The SMILES string of the molecule is CON(C)C(=O)[C@@H](CC(=O)OC(C)(C)C)NC(=O)OC(C)(C)C. The normalized spacial score (nSPS) is 13.0. The topological polar surface area (TPSA) is 94.2 Å². The summed E-state index contributed by atoms with van der Waals surface area (Å²) in [6.45, 7) is 10.2. The molecule has 8 nitrogen and oxygen atoms in total. The number of alkyl carbamates (subject to hydrolysis) is 1. The van der Waals surface area contributed by atoms with Crippen LogP contribution in [0.2, 0.25) is 0 Å². The van der Waals surface area contributed by atoms with Crippen LogP contribution in [0.1, 0.15) is 48.0 Å². The van der Waals surface area contributed by atoms with Gasteiger partial charge in [-0.25, -0.2) is 9.86 Å². The van der Waals surface area contributed by atoms with E-state index in [0.29, 0.717) is 0 Å². The Kier molecular flexibility index (Phi) is 7.50. The molecule has 0 saturated heterocycles. The van der Waals surface area contributed by atoms with Crippen molar-refractivity contribution in [2.75, 3.05) is 14.2 Å². The second kappa shape index (κ2) is 8.14. The summed E-state index contributed by atoms with van der Waals surface area (Å²) in [5, 5.41) is 3.30. The average Bonchev–Trinajstić information content (AvgIpc) is 2.31. The molecule has 0 aliphatic rings. The summed E-state index contributed by atoms with van der Waals surface area (Å²) in [7, 11) is 2.68. The third-order valence-electron chi connectivity index (χ3n) is 2.36. The van der Waals surface area contributed by atoms with Crippen LogP contribution in [0.3, 0.4) is 0 Å². The van der Waals surface area contributed by atoms with Crippen LogP contribution in [0.4, 0.5) is 4.79 Å². The molecule has 0 aromatic rings. The van der Waals surface area contributed by atoms with Gasteiger partial charge in [0, 0.05) is 7.05 Å². The number of rotatable bonds is 5. The summed E-state index contributed by atoms with van der Waals surface area (Å²) in [4.78, 5) is 40.8. The number of carbonyl (C=O) groups excluding carboxylic acids is 3. The Morgan fingerprint density at radius 3 is 1.87 bits per heavy atom. The number of hydroxylamine groups is 2. The monoisotopic (exact) mass is 332 g/mol. The van der Waals surface area contributed by atoms with Gasteiger partial charge in [-0.2, -0.15) is 0 Å². The van der Waals surface area contributed by atoms with Gasteiger partial charge >= 0.3 is 12.1 Å². The summed E-state index contributed by atoms with van der Waals surface area (Å²) in [5.74, 6) is -1.21. The number of hydrogen-bond acceptors (Lipinski definition) is 6. The Hall–Kier alpha value is -1.83. The second-order valence-corrected chi connectivity index (χ2v) is 7.01. The van der Waals surface area contributed by atoms with Crippen molar-refractivity contribution in [2.24, 2.45) is 0 Å². The van der Waals surface area contributed by atoms with E-state index >= 15 is 0 Å². The first-order valence-electron chi connectivity index (χ1n) is 7.28. The van der Waals surface area contributed by atoms with Gasteiger partial charge in [-0.1, -0.05) is 0 Å². The molecule has 0 bridgehead atoms. The molecule has 0 aliphatic heterocycles. The lowest BCUT2D eigenvalue weighted by Crippen LogP contribution is -2.49. The highest BCUT2D eigenvalue weighted by molar-refractivity contribution is 5.89. The molecule has 1 N–H and O–H groups in total. The molecule has 2 amide bonds. The zero-order chi connectivity index (χ0) is 18.4. The largest absolute Gasteiger partial charge is 0.460 e. The fraction of sp³-hybridized carbons (Fsp3) is 0.800. The standard InChI is InChI=1S/C15H28N2O6/c1-14(2,3)22-11(18)9-10(12(19)17(7)21-8)16-13(20)23-15(4,5)6/h10H,9H2,1-8H3,(H,16,20)/t10-/m1/s1. The molecular weight excluding hydrogens is 304 g/mol. The van der Waals surface area contributed by atoms with Crippen LogP contribution >= 0.6 is 0 Å². The summed E-state index contributed by atoms with van der Waals surface area (Å²) < 4.78 is 10.3. The molecule has 8 heteroatoms. The highest BCUT2D eigenvalue weighted by Crippen LogP contribution is 2.12. The van der Waals surface area contributed by atoms with Gasteiger partial charge in [0.05, 0.1) is 13.5 Å². The maximum absolute atomic E-state index is 12.2. The Morgan fingerprint density at radius 1 is 1.00 bits per heavy atom. The lowest BCUT2D eigenvalue weighted by molar-refractivity contribution is -0.173. The highest BCUT2D eigenvalue weighted by atomic mass is 16.7. The molecule has 0 rings (SSSR count). The zero-order valence-electron chi connectivity index (χ0n) is 15.2. The van der Waals surface area contributed by atoms with Crippen molar-refractivity contribution in [1.82, 2.24) is 10.4 Å². The number of nitrogens with zero attached hydrogens (tertiary/aromatic N) is 1. The van der Waals surface area contributed by atoms with Gasteiger partial charge in [0.25, 0.3) is 5.91 Å². The molecule has 0 aliphatic carbocycles. The van der Waals surface area contributed by atoms with E-state index in [4.69, 9.17) is 14.3 Å². The van der Waals surface area contributed by atoms with Crippen molar-refractivity contribution in [3.05, 3.63) is 0 Å². The number of hydrogen-bond donors (Lipinski definition) is 1. The molecule has 0 aromatic carbocycles. The van der Waals surface area contributed by atoms with Crippen molar-refractivity contribution >= 4 is 18.0 Å². The highest BCUT2D eigenvalue weighted by Gasteiger charge is 2.30. The van der Waals surface area contributed by atoms with E-state index < -0.39 is 35.2 Å². The van der Waals surface area contributed by atoms with Crippen molar-refractivity contribution in [2.45, 2.75) is 65.2 Å². The molecule has 0 aromatic heterocycles. The summed E-state index contributed by atoms with van der Waals surface area (Å²) in [5.41, 5.74) is -1.42. The van der Waals surface area contributed by atoms with Gasteiger partial charge in [-0.3, -0.25) is 14.4 Å². The molecule has 0 radical (unpaired) electrons.